The lowest BCUT2D eigenvalue weighted by molar-refractivity contribution is 0.102. The standard InChI is InChI=1S/C19H16BrNO/c1-12-6-3-11-18(13(12)2)21-19(22)16-9-4-8-15-14(16)7-5-10-17(15)20/h3-11H,1-2H3,(H,21,22). The van der Waals surface area contributed by atoms with E-state index in [2.05, 4.69) is 21.2 Å². The molecule has 1 N–H and O–H groups in total. The van der Waals surface area contributed by atoms with Gasteiger partial charge in [-0.05, 0) is 53.9 Å². The molecule has 0 radical (unpaired) electrons. The van der Waals surface area contributed by atoms with E-state index in [1.807, 2.05) is 68.4 Å². The first-order chi connectivity index (χ1) is 10.6. The maximum absolute atomic E-state index is 12.7. The second kappa shape index (κ2) is 5.93. The smallest absolute Gasteiger partial charge is 0.256 e. The summed E-state index contributed by atoms with van der Waals surface area (Å²) in [7, 11) is 0. The monoisotopic (exact) mass is 353 g/mol. The van der Waals surface area contributed by atoms with E-state index in [1.165, 1.54) is 5.56 Å². The molecule has 0 saturated carbocycles. The van der Waals surface area contributed by atoms with E-state index in [-0.39, 0.29) is 5.91 Å². The molecule has 2 nitrogen and oxygen atoms in total. The molecule has 0 spiro atoms. The first-order valence-electron chi connectivity index (χ1n) is 7.13. The summed E-state index contributed by atoms with van der Waals surface area (Å²) in [6.07, 6.45) is 0. The van der Waals surface area contributed by atoms with Crippen LogP contribution in [0.3, 0.4) is 0 Å². The van der Waals surface area contributed by atoms with Crippen LogP contribution in [0.15, 0.2) is 59.1 Å². The number of carbonyl (C=O) groups excluding carboxylic acids is 1. The van der Waals surface area contributed by atoms with Gasteiger partial charge in [-0.25, -0.2) is 0 Å². The SMILES string of the molecule is Cc1cccc(NC(=O)c2cccc3c(Br)cccc23)c1C. The van der Waals surface area contributed by atoms with Crippen molar-refractivity contribution >= 4 is 38.3 Å². The molecular weight excluding hydrogens is 338 g/mol. The third-order valence-electron chi connectivity index (χ3n) is 3.97. The molecule has 110 valence electrons. The molecule has 0 fully saturated rings. The zero-order valence-electron chi connectivity index (χ0n) is 12.5. The summed E-state index contributed by atoms with van der Waals surface area (Å²) < 4.78 is 0.992. The highest BCUT2D eigenvalue weighted by Gasteiger charge is 2.12. The normalized spacial score (nSPS) is 10.7. The first-order valence-corrected chi connectivity index (χ1v) is 7.92. The molecule has 0 aliphatic rings. The molecular formula is C19H16BrNO. The van der Waals surface area contributed by atoms with E-state index in [0.29, 0.717) is 5.56 Å². The molecule has 0 aliphatic carbocycles. The summed E-state index contributed by atoms with van der Waals surface area (Å²) in [5.74, 6) is -0.0857. The van der Waals surface area contributed by atoms with Crippen LogP contribution in [0.4, 0.5) is 5.69 Å². The molecule has 3 aromatic rings. The Kier molecular flexibility index (Phi) is 3.99. The Hall–Kier alpha value is -2.13. The van der Waals surface area contributed by atoms with Crippen LogP contribution in [0.2, 0.25) is 0 Å². The predicted octanol–water partition coefficient (Wildman–Crippen LogP) is 5.47. The molecule has 0 atom stereocenters. The van der Waals surface area contributed by atoms with Crippen molar-refractivity contribution in [3.8, 4) is 0 Å². The average Bonchev–Trinajstić information content (AvgIpc) is 2.52. The number of amides is 1. The van der Waals surface area contributed by atoms with E-state index < -0.39 is 0 Å². The fraction of sp³-hybridized carbons (Fsp3) is 0.105. The van der Waals surface area contributed by atoms with Gasteiger partial charge in [0.05, 0.1) is 0 Å². The molecule has 0 bridgehead atoms. The molecule has 3 heteroatoms. The van der Waals surface area contributed by atoms with Gasteiger partial charge < -0.3 is 5.32 Å². The average molecular weight is 354 g/mol. The number of hydrogen-bond acceptors (Lipinski definition) is 1. The highest BCUT2D eigenvalue weighted by atomic mass is 79.9. The van der Waals surface area contributed by atoms with E-state index in [0.717, 1.165) is 26.5 Å². The number of nitrogens with one attached hydrogen (secondary N) is 1. The molecule has 3 aromatic carbocycles. The van der Waals surface area contributed by atoms with Gasteiger partial charge in [0.2, 0.25) is 0 Å². The Bertz CT molecular complexity index is 870. The van der Waals surface area contributed by atoms with Gasteiger partial charge in [-0.3, -0.25) is 4.79 Å². The highest BCUT2D eigenvalue weighted by molar-refractivity contribution is 9.10. The van der Waals surface area contributed by atoms with Crippen LogP contribution in [0, 0.1) is 13.8 Å². The molecule has 0 aliphatic heterocycles. The van der Waals surface area contributed by atoms with E-state index in [4.69, 9.17) is 0 Å². The first kappa shape index (κ1) is 14.8. The fourth-order valence-corrected chi connectivity index (χ4v) is 3.04. The minimum Gasteiger partial charge on any atom is -0.322 e. The Labute approximate surface area is 138 Å². The highest BCUT2D eigenvalue weighted by Crippen LogP contribution is 2.27. The number of halogens is 1. The molecule has 3 rings (SSSR count). The van der Waals surface area contributed by atoms with Crippen molar-refractivity contribution in [2.75, 3.05) is 5.32 Å². The summed E-state index contributed by atoms with van der Waals surface area (Å²) in [6, 6.07) is 17.6. The Morgan fingerprint density at radius 3 is 2.41 bits per heavy atom. The Balaban J connectivity index is 2.03. The van der Waals surface area contributed by atoms with Crippen LogP contribution in [0.1, 0.15) is 21.5 Å². The van der Waals surface area contributed by atoms with Crippen molar-refractivity contribution in [1.29, 1.82) is 0 Å². The zero-order valence-corrected chi connectivity index (χ0v) is 14.1. The van der Waals surface area contributed by atoms with Crippen LogP contribution >= 0.6 is 15.9 Å². The third kappa shape index (κ3) is 2.64. The number of fused-ring (bicyclic) bond motifs is 1. The number of carbonyl (C=O) groups is 1. The number of aryl methyl sites for hydroxylation is 1. The van der Waals surface area contributed by atoms with Gasteiger partial charge in [-0.2, -0.15) is 0 Å². The lowest BCUT2D eigenvalue weighted by atomic mass is 10.0. The Morgan fingerprint density at radius 2 is 1.59 bits per heavy atom. The summed E-state index contributed by atoms with van der Waals surface area (Å²) >= 11 is 3.54. The van der Waals surface area contributed by atoms with Gasteiger partial charge in [0, 0.05) is 15.7 Å². The molecule has 22 heavy (non-hydrogen) atoms. The maximum Gasteiger partial charge on any atom is 0.256 e. The van der Waals surface area contributed by atoms with E-state index in [1.54, 1.807) is 0 Å². The van der Waals surface area contributed by atoms with Gasteiger partial charge in [0.25, 0.3) is 5.91 Å². The maximum atomic E-state index is 12.7. The molecule has 0 saturated heterocycles. The summed E-state index contributed by atoms with van der Waals surface area (Å²) in [4.78, 5) is 12.7. The topological polar surface area (TPSA) is 29.1 Å². The van der Waals surface area contributed by atoms with Crippen molar-refractivity contribution in [2.45, 2.75) is 13.8 Å². The number of rotatable bonds is 2. The van der Waals surface area contributed by atoms with Gasteiger partial charge in [-0.15, -0.1) is 0 Å². The second-order valence-electron chi connectivity index (χ2n) is 5.34. The second-order valence-corrected chi connectivity index (χ2v) is 6.20. The summed E-state index contributed by atoms with van der Waals surface area (Å²) in [6.45, 7) is 4.06. The van der Waals surface area contributed by atoms with Gasteiger partial charge in [-0.1, -0.05) is 52.3 Å². The summed E-state index contributed by atoms with van der Waals surface area (Å²) in [5.41, 5.74) is 3.80. The minimum absolute atomic E-state index is 0.0857. The van der Waals surface area contributed by atoms with Crippen LogP contribution < -0.4 is 5.32 Å². The number of anilines is 1. The van der Waals surface area contributed by atoms with Gasteiger partial charge >= 0.3 is 0 Å². The van der Waals surface area contributed by atoms with E-state index in [9.17, 15) is 4.79 Å². The lowest BCUT2D eigenvalue weighted by Crippen LogP contribution is -2.13. The molecule has 1 amide bonds. The Morgan fingerprint density at radius 1 is 0.909 bits per heavy atom. The molecule has 0 aromatic heterocycles. The van der Waals surface area contributed by atoms with E-state index >= 15 is 0 Å². The molecule has 0 unspecified atom stereocenters. The quantitative estimate of drug-likeness (QED) is 0.649. The van der Waals surface area contributed by atoms with Crippen molar-refractivity contribution in [2.24, 2.45) is 0 Å². The lowest BCUT2D eigenvalue weighted by Gasteiger charge is -2.12. The number of hydrogen-bond donors (Lipinski definition) is 1. The molecule has 0 heterocycles. The largest absolute Gasteiger partial charge is 0.322 e. The number of benzene rings is 3. The summed E-state index contributed by atoms with van der Waals surface area (Å²) in [5, 5.41) is 5.01. The van der Waals surface area contributed by atoms with Crippen LogP contribution in [-0.2, 0) is 0 Å². The minimum atomic E-state index is -0.0857. The predicted molar refractivity (Wildman–Crippen MR) is 95.5 cm³/mol. The zero-order chi connectivity index (χ0) is 15.7. The van der Waals surface area contributed by atoms with Crippen molar-refractivity contribution in [3.63, 3.8) is 0 Å². The van der Waals surface area contributed by atoms with Gasteiger partial charge in [0.15, 0.2) is 0 Å². The van der Waals surface area contributed by atoms with Crippen molar-refractivity contribution in [3.05, 3.63) is 75.8 Å². The third-order valence-corrected chi connectivity index (χ3v) is 4.66. The van der Waals surface area contributed by atoms with Gasteiger partial charge in [0.1, 0.15) is 0 Å². The fourth-order valence-electron chi connectivity index (χ4n) is 2.55. The van der Waals surface area contributed by atoms with Crippen LogP contribution in [0.5, 0.6) is 0 Å². The van der Waals surface area contributed by atoms with Crippen LogP contribution in [0.25, 0.3) is 10.8 Å². The van der Waals surface area contributed by atoms with Crippen molar-refractivity contribution in [1.82, 2.24) is 0 Å². The van der Waals surface area contributed by atoms with Crippen LogP contribution in [-0.4, -0.2) is 5.91 Å². The van der Waals surface area contributed by atoms with Crippen molar-refractivity contribution < 1.29 is 4.79 Å².